The molecule has 112 valence electrons. The number of fused-ring (bicyclic) bond motifs is 1. The van der Waals surface area contributed by atoms with E-state index in [2.05, 4.69) is 58.9 Å². The van der Waals surface area contributed by atoms with Crippen LogP contribution in [0.5, 0.6) is 0 Å². The van der Waals surface area contributed by atoms with Gasteiger partial charge in [-0.3, -0.25) is 4.99 Å². The van der Waals surface area contributed by atoms with Crippen molar-refractivity contribution in [2.45, 2.75) is 32.7 Å². The lowest BCUT2D eigenvalue weighted by molar-refractivity contribution is 0.759. The number of rotatable bonds is 4. The molecule has 1 aromatic carbocycles. The Morgan fingerprint density at radius 3 is 2.95 bits per heavy atom. The Labute approximate surface area is 126 Å². The first-order valence-electron chi connectivity index (χ1n) is 7.72. The molecule has 0 aliphatic heterocycles. The molecule has 0 bridgehead atoms. The Balaban J connectivity index is 1.59. The van der Waals surface area contributed by atoms with Gasteiger partial charge in [0.2, 0.25) is 0 Å². The first kappa shape index (κ1) is 14.0. The first-order chi connectivity index (χ1) is 10.2. The summed E-state index contributed by atoms with van der Waals surface area (Å²) in [5, 5.41) is 8.22. The summed E-state index contributed by atoms with van der Waals surface area (Å²) in [7, 11) is 1.83. The minimum Gasteiger partial charge on any atom is -0.361 e. The van der Waals surface area contributed by atoms with Crippen molar-refractivity contribution < 1.29 is 0 Å². The molecular formula is C17H24N4. The van der Waals surface area contributed by atoms with Gasteiger partial charge in [0.1, 0.15) is 0 Å². The molecule has 3 N–H and O–H groups in total. The van der Waals surface area contributed by atoms with Crippen molar-refractivity contribution in [1.29, 1.82) is 0 Å². The first-order valence-corrected chi connectivity index (χ1v) is 7.72. The summed E-state index contributed by atoms with van der Waals surface area (Å²) in [4.78, 5) is 7.64. The van der Waals surface area contributed by atoms with E-state index in [1.165, 1.54) is 28.5 Å². The zero-order valence-electron chi connectivity index (χ0n) is 13.0. The molecule has 1 aliphatic carbocycles. The summed E-state index contributed by atoms with van der Waals surface area (Å²) < 4.78 is 0. The average Bonchev–Trinajstić information content (AvgIpc) is 2.99. The van der Waals surface area contributed by atoms with Crippen LogP contribution in [0.4, 0.5) is 0 Å². The predicted molar refractivity (Wildman–Crippen MR) is 88.8 cm³/mol. The summed E-state index contributed by atoms with van der Waals surface area (Å²) in [6.45, 7) is 5.32. The quantitative estimate of drug-likeness (QED) is 0.597. The molecule has 2 aromatic rings. The Bertz CT molecular complexity index is 656. The van der Waals surface area contributed by atoms with Gasteiger partial charge < -0.3 is 15.6 Å². The standard InChI is InChI=1S/C17H24N4/c1-11-5-4-6-14-16(11)13(10-20-14)7-8-19-17(18-3)21-15-9-12(15)2/h4-6,10,12,15,20H,7-9H2,1-3H3,(H2,18,19,21). The summed E-state index contributed by atoms with van der Waals surface area (Å²) >= 11 is 0. The van der Waals surface area contributed by atoms with E-state index in [0.29, 0.717) is 6.04 Å². The van der Waals surface area contributed by atoms with Crippen LogP contribution >= 0.6 is 0 Å². The maximum Gasteiger partial charge on any atom is 0.191 e. The molecule has 3 rings (SSSR count). The van der Waals surface area contributed by atoms with Crippen LogP contribution in [-0.2, 0) is 6.42 Å². The van der Waals surface area contributed by atoms with Crippen molar-refractivity contribution in [2.75, 3.05) is 13.6 Å². The van der Waals surface area contributed by atoms with Gasteiger partial charge in [-0.05, 0) is 42.9 Å². The number of hydrogen-bond acceptors (Lipinski definition) is 1. The lowest BCUT2D eigenvalue weighted by atomic mass is 10.1. The normalized spacial score (nSPS) is 21.6. The van der Waals surface area contributed by atoms with Crippen LogP contribution in [0, 0.1) is 12.8 Å². The van der Waals surface area contributed by atoms with Gasteiger partial charge in [-0.15, -0.1) is 0 Å². The molecular weight excluding hydrogens is 260 g/mol. The largest absolute Gasteiger partial charge is 0.361 e. The number of aliphatic imine (C=N–C) groups is 1. The minimum absolute atomic E-state index is 0.603. The average molecular weight is 284 g/mol. The molecule has 1 aliphatic rings. The molecule has 0 saturated heterocycles. The highest BCUT2D eigenvalue weighted by molar-refractivity contribution is 5.86. The molecule has 1 heterocycles. The van der Waals surface area contributed by atoms with Crippen molar-refractivity contribution >= 4 is 16.9 Å². The highest BCUT2D eigenvalue weighted by Gasteiger charge is 2.33. The smallest absolute Gasteiger partial charge is 0.191 e. The Morgan fingerprint density at radius 2 is 2.24 bits per heavy atom. The van der Waals surface area contributed by atoms with E-state index in [0.717, 1.165) is 24.8 Å². The zero-order chi connectivity index (χ0) is 14.8. The Hall–Kier alpha value is -1.97. The summed E-state index contributed by atoms with van der Waals surface area (Å²) in [5.74, 6) is 1.70. The fourth-order valence-electron chi connectivity index (χ4n) is 2.86. The van der Waals surface area contributed by atoms with E-state index in [9.17, 15) is 0 Å². The van der Waals surface area contributed by atoms with Crippen LogP contribution in [-0.4, -0.2) is 30.6 Å². The van der Waals surface area contributed by atoms with Crippen molar-refractivity contribution in [1.82, 2.24) is 15.6 Å². The number of aryl methyl sites for hydroxylation is 1. The fraction of sp³-hybridized carbons (Fsp3) is 0.471. The number of hydrogen-bond donors (Lipinski definition) is 3. The summed E-state index contributed by atoms with van der Waals surface area (Å²) in [6.07, 6.45) is 4.37. The lowest BCUT2D eigenvalue weighted by Gasteiger charge is -2.11. The zero-order valence-corrected chi connectivity index (χ0v) is 13.0. The van der Waals surface area contributed by atoms with Crippen molar-refractivity contribution in [3.63, 3.8) is 0 Å². The molecule has 0 radical (unpaired) electrons. The van der Waals surface area contributed by atoms with Gasteiger partial charge in [-0.2, -0.15) is 0 Å². The van der Waals surface area contributed by atoms with E-state index in [1.807, 2.05) is 7.05 Å². The van der Waals surface area contributed by atoms with E-state index in [1.54, 1.807) is 0 Å². The molecule has 1 saturated carbocycles. The molecule has 2 unspecified atom stereocenters. The van der Waals surface area contributed by atoms with Crippen LogP contribution in [0.2, 0.25) is 0 Å². The van der Waals surface area contributed by atoms with Gasteiger partial charge in [0.15, 0.2) is 5.96 Å². The molecule has 1 aromatic heterocycles. The van der Waals surface area contributed by atoms with E-state index in [-0.39, 0.29) is 0 Å². The number of aromatic amines is 1. The van der Waals surface area contributed by atoms with Gasteiger partial charge in [0.25, 0.3) is 0 Å². The van der Waals surface area contributed by atoms with Gasteiger partial charge in [0.05, 0.1) is 0 Å². The number of nitrogens with one attached hydrogen (secondary N) is 3. The summed E-state index contributed by atoms with van der Waals surface area (Å²) in [5.41, 5.74) is 3.92. The third-order valence-electron chi connectivity index (χ3n) is 4.34. The number of guanidine groups is 1. The molecule has 4 heteroatoms. The summed E-state index contributed by atoms with van der Waals surface area (Å²) in [6, 6.07) is 7.00. The van der Waals surface area contributed by atoms with Crippen LogP contribution < -0.4 is 10.6 Å². The van der Waals surface area contributed by atoms with Gasteiger partial charge in [-0.25, -0.2) is 0 Å². The second-order valence-corrected chi connectivity index (χ2v) is 6.02. The van der Waals surface area contributed by atoms with Crippen molar-refractivity contribution in [3.05, 3.63) is 35.5 Å². The van der Waals surface area contributed by atoms with Gasteiger partial charge in [0, 0.05) is 36.7 Å². The maximum absolute atomic E-state index is 4.29. The third kappa shape index (κ3) is 3.04. The Morgan fingerprint density at radius 1 is 1.43 bits per heavy atom. The van der Waals surface area contributed by atoms with Crippen LogP contribution in [0.3, 0.4) is 0 Å². The lowest BCUT2D eigenvalue weighted by Crippen LogP contribution is -2.39. The van der Waals surface area contributed by atoms with Gasteiger partial charge in [-0.1, -0.05) is 19.1 Å². The van der Waals surface area contributed by atoms with E-state index in [4.69, 9.17) is 0 Å². The highest BCUT2D eigenvalue weighted by Crippen LogP contribution is 2.28. The number of nitrogens with zero attached hydrogens (tertiary/aromatic N) is 1. The molecule has 0 spiro atoms. The minimum atomic E-state index is 0.603. The highest BCUT2D eigenvalue weighted by atomic mass is 15.2. The monoisotopic (exact) mass is 284 g/mol. The van der Waals surface area contributed by atoms with Crippen LogP contribution in [0.25, 0.3) is 10.9 Å². The molecule has 0 amide bonds. The molecule has 21 heavy (non-hydrogen) atoms. The van der Waals surface area contributed by atoms with Gasteiger partial charge >= 0.3 is 0 Å². The maximum atomic E-state index is 4.29. The second-order valence-electron chi connectivity index (χ2n) is 6.02. The van der Waals surface area contributed by atoms with Crippen molar-refractivity contribution in [2.24, 2.45) is 10.9 Å². The molecule has 4 nitrogen and oxygen atoms in total. The topological polar surface area (TPSA) is 52.2 Å². The number of aromatic nitrogens is 1. The van der Waals surface area contributed by atoms with Crippen LogP contribution in [0.1, 0.15) is 24.5 Å². The number of benzene rings is 1. The number of H-pyrrole nitrogens is 1. The molecule has 1 fully saturated rings. The predicted octanol–water partition coefficient (Wildman–Crippen LogP) is 2.59. The SMILES string of the molecule is CN=C(NCCc1c[nH]c2cccc(C)c12)NC1CC1C. The van der Waals surface area contributed by atoms with Crippen molar-refractivity contribution in [3.8, 4) is 0 Å². The van der Waals surface area contributed by atoms with E-state index < -0.39 is 0 Å². The third-order valence-corrected chi connectivity index (χ3v) is 4.34. The Kier molecular flexibility index (Phi) is 3.86. The second kappa shape index (κ2) is 5.80. The van der Waals surface area contributed by atoms with E-state index >= 15 is 0 Å². The molecule has 2 atom stereocenters. The fourth-order valence-corrected chi connectivity index (χ4v) is 2.86. The van der Waals surface area contributed by atoms with Crippen LogP contribution in [0.15, 0.2) is 29.4 Å².